The van der Waals surface area contributed by atoms with Gasteiger partial charge in [0.05, 0.1) is 4.92 Å². The van der Waals surface area contributed by atoms with Crippen LogP contribution in [0.1, 0.15) is 6.42 Å². The molecule has 18 heavy (non-hydrogen) atoms. The van der Waals surface area contributed by atoms with Crippen LogP contribution in [0.2, 0.25) is 0 Å². The van der Waals surface area contributed by atoms with Crippen molar-refractivity contribution in [1.82, 2.24) is 5.32 Å². The molecule has 0 aliphatic carbocycles. The number of carbonyl (C=O) groups excluding carboxylic acids is 1. The zero-order valence-electron chi connectivity index (χ0n) is 9.55. The molecule has 0 saturated carbocycles. The fraction of sp³-hybridized carbons (Fsp3) is 0.273. The molecule has 7 nitrogen and oxygen atoms in total. The first-order chi connectivity index (χ1) is 8.68. The first-order valence-electron chi connectivity index (χ1n) is 5.51. The third-order valence-corrected chi connectivity index (χ3v) is 2.46. The average molecular weight is 248 g/mol. The number of hydrogen-bond acceptors (Lipinski definition) is 5. The Hall–Kier alpha value is -2.44. The maximum Gasteiger partial charge on any atom is 0.292 e. The van der Waals surface area contributed by atoms with E-state index in [1.165, 1.54) is 12.1 Å². The summed E-state index contributed by atoms with van der Waals surface area (Å²) in [6.45, 7) is 1.27. The molecule has 2 N–H and O–H groups in total. The van der Waals surface area contributed by atoms with Crippen molar-refractivity contribution in [3.8, 4) is 0 Å². The molecule has 1 aromatic rings. The topological polar surface area (TPSA) is 96.6 Å². The van der Waals surface area contributed by atoms with Crippen molar-refractivity contribution in [2.45, 2.75) is 6.42 Å². The SMILES string of the molecule is O=C(Nc1ccccc1[N+](=O)[O-])C1=NCCCN1. The zero-order valence-corrected chi connectivity index (χ0v) is 9.55. The summed E-state index contributed by atoms with van der Waals surface area (Å²) in [6.07, 6.45) is 0.877. The van der Waals surface area contributed by atoms with E-state index in [0.717, 1.165) is 6.42 Å². The Labute approximate surface area is 103 Å². The third-order valence-electron chi connectivity index (χ3n) is 2.46. The Morgan fingerprint density at radius 2 is 2.22 bits per heavy atom. The summed E-state index contributed by atoms with van der Waals surface area (Å²) in [5.74, 6) is -0.233. The van der Waals surface area contributed by atoms with Gasteiger partial charge in [-0.2, -0.15) is 0 Å². The Balaban J connectivity index is 2.16. The van der Waals surface area contributed by atoms with Gasteiger partial charge in [0.15, 0.2) is 5.84 Å². The van der Waals surface area contributed by atoms with Gasteiger partial charge in [-0.3, -0.25) is 19.9 Å². The molecule has 0 fully saturated rings. The number of nitrogens with one attached hydrogen (secondary N) is 2. The van der Waals surface area contributed by atoms with Gasteiger partial charge in [-0.05, 0) is 12.5 Å². The summed E-state index contributed by atoms with van der Waals surface area (Å²) in [7, 11) is 0. The van der Waals surface area contributed by atoms with Gasteiger partial charge in [0.25, 0.3) is 11.6 Å². The van der Waals surface area contributed by atoms with E-state index in [1.54, 1.807) is 12.1 Å². The van der Waals surface area contributed by atoms with Crippen molar-refractivity contribution in [2.24, 2.45) is 4.99 Å². The molecule has 0 saturated heterocycles. The van der Waals surface area contributed by atoms with Crippen molar-refractivity contribution in [3.63, 3.8) is 0 Å². The molecule has 2 rings (SSSR count). The van der Waals surface area contributed by atoms with Crippen LogP contribution in [0, 0.1) is 10.1 Å². The molecule has 1 aromatic carbocycles. The van der Waals surface area contributed by atoms with E-state index in [-0.39, 0.29) is 17.2 Å². The highest BCUT2D eigenvalue weighted by atomic mass is 16.6. The standard InChI is InChI=1S/C11H12N4O3/c16-11(10-12-6-3-7-13-10)14-8-4-1-2-5-9(8)15(17)18/h1-2,4-5H,3,6-7H2,(H,12,13)(H,14,16). The van der Waals surface area contributed by atoms with Gasteiger partial charge in [-0.15, -0.1) is 0 Å². The highest BCUT2D eigenvalue weighted by Gasteiger charge is 2.18. The summed E-state index contributed by atoms with van der Waals surface area (Å²) in [6, 6.07) is 5.99. The van der Waals surface area contributed by atoms with Crippen LogP contribution in [0.5, 0.6) is 0 Å². The van der Waals surface area contributed by atoms with Gasteiger partial charge in [0.1, 0.15) is 5.69 Å². The van der Waals surface area contributed by atoms with Gasteiger partial charge in [-0.25, -0.2) is 0 Å². The lowest BCUT2D eigenvalue weighted by Gasteiger charge is -2.13. The van der Waals surface area contributed by atoms with Gasteiger partial charge in [0.2, 0.25) is 0 Å². The number of rotatable bonds is 3. The summed E-state index contributed by atoms with van der Waals surface area (Å²) >= 11 is 0. The number of nitro groups is 1. The third kappa shape index (κ3) is 2.62. The first kappa shape index (κ1) is 12.0. The lowest BCUT2D eigenvalue weighted by molar-refractivity contribution is -0.383. The van der Waals surface area contributed by atoms with E-state index in [2.05, 4.69) is 15.6 Å². The van der Waals surface area contributed by atoms with Crippen molar-refractivity contribution >= 4 is 23.1 Å². The average Bonchev–Trinajstić information content (AvgIpc) is 2.40. The molecule has 94 valence electrons. The summed E-state index contributed by atoms with van der Waals surface area (Å²) in [5, 5.41) is 16.1. The lowest BCUT2D eigenvalue weighted by atomic mass is 10.2. The van der Waals surface area contributed by atoms with Gasteiger partial charge >= 0.3 is 0 Å². The maximum atomic E-state index is 11.8. The number of amides is 1. The summed E-state index contributed by atoms with van der Waals surface area (Å²) in [5.41, 5.74) is 0.0323. The van der Waals surface area contributed by atoms with Crippen LogP contribution in [-0.2, 0) is 4.79 Å². The number of amidine groups is 1. The van der Waals surface area contributed by atoms with Crippen molar-refractivity contribution < 1.29 is 9.72 Å². The quantitative estimate of drug-likeness (QED) is 0.614. The molecule has 7 heteroatoms. The first-order valence-corrected chi connectivity index (χ1v) is 5.51. The van der Waals surface area contributed by atoms with Crippen LogP contribution in [-0.4, -0.2) is 29.8 Å². The highest BCUT2D eigenvalue weighted by molar-refractivity contribution is 6.42. The largest absolute Gasteiger partial charge is 0.366 e. The maximum absolute atomic E-state index is 11.8. The summed E-state index contributed by atoms with van der Waals surface area (Å²) in [4.78, 5) is 26.1. The van der Waals surface area contributed by atoms with Crippen LogP contribution in [0.15, 0.2) is 29.3 Å². The van der Waals surface area contributed by atoms with E-state index in [4.69, 9.17) is 0 Å². The molecule has 0 atom stereocenters. The number of carbonyl (C=O) groups is 1. The molecule has 0 aromatic heterocycles. The Morgan fingerprint density at radius 3 is 2.89 bits per heavy atom. The number of hydrogen-bond donors (Lipinski definition) is 2. The number of nitro benzene ring substituents is 1. The molecule has 1 aliphatic rings. The minimum absolute atomic E-state index is 0.137. The van der Waals surface area contributed by atoms with E-state index in [0.29, 0.717) is 13.1 Å². The van der Waals surface area contributed by atoms with Crippen LogP contribution >= 0.6 is 0 Å². The van der Waals surface area contributed by atoms with E-state index >= 15 is 0 Å². The van der Waals surface area contributed by atoms with E-state index in [1.807, 2.05) is 0 Å². The van der Waals surface area contributed by atoms with Gasteiger partial charge < -0.3 is 10.6 Å². The predicted octanol–water partition coefficient (Wildman–Crippen LogP) is 0.925. The second kappa shape index (κ2) is 5.26. The molecular weight excluding hydrogens is 236 g/mol. The number of nitrogens with zero attached hydrogens (tertiary/aromatic N) is 2. The fourth-order valence-electron chi connectivity index (χ4n) is 1.60. The number of anilines is 1. The lowest BCUT2D eigenvalue weighted by Crippen LogP contribution is -2.39. The number of para-hydroxylation sites is 2. The minimum atomic E-state index is -0.536. The van der Waals surface area contributed by atoms with E-state index in [9.17, 15) is 14.9 Å². The Bertz CT molecular complexity index is 513. The van der Waals surface area contributed by atoms with Crippen LogP contribution in [0.4, 0.5) is 11.4 Å². The predicted molar refractivity (Wildman–Crippen MR) is 66.6 cm³/mol. The number of aliphatic imine (C=N–C) groups is 1. The number of benzene rings is 1. The second-order valence-corrected chi connectivity index (χ2v) is 3.74. The molecule has 1 aliphatic heterocycles. The Morgan fingerprint density at radius 1 is 1.44 bits per heavy atom. The molecule has 0 spiro atoms. The van der Waals surface area contributed by atoms with Crippen molar-refractivity contribution in [3.05, 3.63) is 34.4 Å². The van der Waals surface area contributed by atoms with E-state index < -0.39 is 10.8 Å². The second-order valence-electron chi connectivity index (χ2n) is 3.74. The molecule has 1 heterocycles. The Kier molecular flexibility index (Phi) is 3.52. The van der Waals surface area contributed by atoms with Gasteiger partial charge in [-0.1, -0.05) is 12.1 Å². The fourth-order valence-corrected chi connectivity index (χ4v) is 1.60. The minimum Gasteiger partial charge on any atom is -0.366 e. The highest BCUT2D eigenvalue weighted by Crippen LogP contribution is 2.22. The molecule has 0 bridgehead atoms. The van der Waals surface area contributed by atoms with Crippen molar-refractivity contribution in [2.75, 3.05) is 18.4 Å². The normalized spacial score (nSPS) is 14.3. The van der Waals surface area contributed by atoms with Crippen LogP contribution in [0.25, 0.3) is 0 Å². The monoisotopic (exact) mass is 248 g/mol. The molecular formula is C11H12N4O3. The van der Waals surface area contributed by atoms with Crippen LogP contribution < -0.4 is 10.6 Å². The molecule has 1 amide bonds. The smallest absolute Gasteiger partial charge is 0.292 e. The zero-order chi connectivity index (χ0) is 13.0. The molecule has 0 unspecified atom stereocenters. The van der Waals surface area contributed by atoms with Gasteiger partial charge in [0, 0.05) is 19.2 Å². The summed E-state index contributed by atoms with van der Waals surface area (Å²) < 4.78 is 0. The van der Waals surface area contributed by atoms with Crippen LogP contribution in [0.3, 0.4) is 0 Å². The molecule has 0 radical (unpaired) electrons. The van der Waals surface area contributed by atoms with Crippen molar-refractivity contribution in [1.29, 1.82) is 0 Å².